The Hall–Kier alpha value is -1.27. The highest BCUT2D eigenvalue weighted by Gasteiger charge is 2.33. The van der Waals surface area contributed by atoms with Crippen molar-refractivity contribution in [1.82, 2.24) is 9.80 Å². The normalized spacial score (nSPS) is 17.8. The summed E-state index contributed by atoms with van der Waals surface area (Å²) < 4.78 is 6.06. The maximum atomic E-state index is 12.7. The monoisotopic (exact) mass is 416 g/mol. The van der Waals surface area contributed by atoms with E-state index < -0.39 is 5.60 Å². The summed E-state index contributed by atoms with van der Waals surface area (Å²) in [5.74, 6) is -0.0707. The Morgan fingerprint density at radius 3 is 2.62 bits per heavy atom. The lowest BCUT2D eigenvalue weighted by molar-refractivity contribution is 0.0226. The number of carbonyl (C=O) groups excluding carboxylic acids is 2. The van der Waals surface area contributed by atoms with Gasteiger partial charge >= 0.3 is 6.09 Å². The molecular weight excluding hydrogens is 396 g/mol. The fraction of sp³-hybridized carbons (Fsp3) is 0.529. The molecule has 1 aliphatic heterocycles. The molecule has 1 fully saturated rings. The highest BCUT2D eigenvalue weighted by molar-refractivity contribution is 9.10. The van der Waals surface area contributed by atoms with Crippen LogP contribution in [0.4, 0.5) is 4.79 Å². The standard InChI is InChI=1S/C17H22BrClN2O3/c1-17(2,3)24-16(23)20(4)12-7-8-21(10-12)15(22)13-6-5-11(19)9-14(13)18/h5-6,9,12H,7-8,10H2,1-4H3. The first kappa shape index (κ1) is 19.1. The molecule has 1 unspecified atom stereocenters. The van der Waals surface area contributed by atoms with E-state index in [1.807, 2.05) is 20.8 Å². The third-order valence-corrected chi connectivity index (χ3v) is 4.73. The number of carbonyl (C=O) groups is 2. The number of amides is 2. The van der Waals surface area contributed by atoms with E-state index in [4.69, 9.17) is 16.3 Å². The largest absolute Gasteiger partial charge is 0.444 e. The fourth-order valence-corrected chi connectivity index (χ4v) is 3.41. The van der Waals surface area contributed by atoms with Gasteiger partial charge < -0.3 is 14.5 Å². The van der Waals surface area contributed by atoms with Gasteiger partial charge in [0.1, 0.15) is 5.60 Å². The van der Waals surface area contributed by atoms with Crippen molar-refractivity contribution in [2.45, 2.75) is 38.8 Å². The summed E-state index contributed by atoms with van der Waals surface area (Å²) in [5.41, 5.74) is 0.0353. The van der Waals surface area contributed by atoms with Crippen LogP contribution in [0.3, 0.4) is 0 Å². The molecule has 7 heteroatoms. The number of nitrogens with zero attached hydrogens (tertiary/aromatic N) is 2. The summed E-state index contributed by atoms with van der Waals surface area (Å²) in [6, 6.07) is 5.06. The van der Waals surface area contributed by atoms with Crippen molar-refractivity contribution in [1.29, 1.82) is 0 Å². The van der Waals surface area contributed by atoms with Gasteiger partial charge in [0.15, 0.2) is 0 Å². The summed E-state index contributed by atoms with van der Waals surface area (Å²) in [4.78, 5) is 28.2. The number of halogens is 2. The number of hydrogen-bond acceptors (Lipinski definition) is 3. The van der Waals surface area contributed by atoms with E-state index in [1.165, 1.54) is 0 Å². The Morgan fingerprint density at radius 1 is 1.38 bits per heavy atom. The molecule has 24 heavy (non-hydrogen) atoms. The average Bonchev–Trinajstić information content (AvgIpc) is 2.93. The van der Waals surface area contributed by atoms with Crippen molar-refractivity contribution in [2.75, 3.05) is 20.1 Å². The van der Waals surface area contributed by atoms with Gasteiger partial charge in [-0.3, -0.25) is 4.79 Å². The lowest BCUT2D eigenvalue weighted by Gasteiger charge is -2.28. The van der Waals surface area contributed by atoms with E-state index in [0.717, 1.165) is 6.42 Å². The minimum absolute atomic E-state index is 0.0464. The first-order valence-electron chi connectivity index (χ1n) is 7.78. The number of rotatable bonds is 2. The van der Waals surface area contributed by atoms with Gasteiger partial charge in [-0.05, 0) is 61.3 Å². The highest BCUT2D eigenvalue weighted by Crippen LogP contribution is 2.25. The topological polar surface area (TPSA) is 49.9 Å². The molecule has 0 spiro atoms. The number of likely N-dealkylation sites (N-methyl/N-ethyl adjacent to an activating group) is 1. The average molecular weight is 418 g/mol. The Morgan fingerprint density at radius 2 is 2.04 bits per heavy atom. The molecule has 1 aromatic carbocycles. The molecular formula is C17H22BrClN2O3. The number of ether oxygens (including phenoxy) is 1. The summed E-state index contributed by atoms with van der Waals surface area (Å²) >= 11 is 9.30. The molecule has 0 radical (unpaired) electrons. The minimum atomic E-state index is -0.534. The molecule has 0 aromatic heterocycles. The molecule has 0 bridgehead atoms. The van der Waals surface area contributed by atoms with Crippen LogP contribution in [0.15, 0.2) is 22.7 Å². The molecule has 1 atom stereocenters. The van der Waals surface area contributed by atoms with E-state index >= 15 is 0 Å². The van der Waals surface area contributed by atoms with Crippen molar-refractivity contribution >= 4 is 39.5 Å². The molecule has 1 heterocycles. The smallest absolute Gasteiger partial charge is 0.410 e. The first-order chi connectivity index (χ1) is 11.1. The number of likely N-dealkylation sites (tertiary alicyclic amines) is 1. The van der Waals surface area contributed by atoms with Crippen LogP contribution in [0.25, 0.3) is 0 Å². The predicted molar refractivity (Wildman–Crippen MR) is 97.5 cm³/mol. The van der Waals surface area contributed by atoms with Gasteiger partial charge in [-0.1, -0.05) is 11.6 Å². The Balaban J connectivity index is 2.02. The quantitative estimate of drug-likeness (QED) is 0.725. The lowest BCUT2D eigenvalue weighted by atomic mass is 10.2. The maximum absolute atomic E-state index is 12.7. The number of benzene rings is 1. The molecule has 2 rings (SSSR count). The second kappa shape index (κ2) is 7.31. The predicted octanol–water partition coefficient (Wildman–Crippen LogP) is 4.18. The third-order valence-electron chi connectivity index (χ3n) is 3.84. The zero-order valence-electron chi connectivity index (χ0n) is 14.3. The molecule has 0 aliphatic carbocycles. The van der Waals surface area contributed by atoms with Gasteiger partial charge in [0.2, 0.25) is 0 Å². The molecule has 0 saturated carbocycles. The van der Waals surface area contributed by atoms with Crippen LogP contribution >= 0.6 is 27.5 Å². The summed E-state index contributed by atoms with van der Waals surface area (Å²) in [6.45, 7) is 6.60. The molecule has 5 nitrogen and oxygen atoms in total. The second-order valence-electron chi connectivity index (χ2n) is 6.91. The van der Waals surface area contributed by atoms with E-state index in [-0.39, 0.29) is 18.0 Å². The molecule has 1 saturated heterocycles. The van der Waals surface area contributed by atoms with Crippen LogP contribution in [-0.4, -0.2) is 53.6 Å². The zero-order chi connectivity index (χ0) is 18.1. The van der Waals surface area contributed by atoms with Gasteiger partial charge in [0, 0.05) is 29.6 Å². The van der Waals surface area contributed by atoms with Gasteiger partial charge in [0.05, 0.1) is 11.6 Å². The molecule has 1 aromatic rings. The Kier molecular flexibility index (Phi) is 5.81. The zero-order valence-corrected chi connectivity index (χ0v) is 16.6. The van der Waals surface area contributed by atoms with Crippen LogP contribution < -0.4 is 0 Å². The van der Waals surface area contributed by atoms with Gasteiger partial charge in [0.25, 0.3) is 5.91 Å². The summed E-state index contributed by atoms with van der Waals surface area (Å²) in [6.07, 6.45) is 0.363. The first-order valence-corrected chi connectivity index (χ1v) is 8.96. The lowest BCUT2D eigenvalue weighted by Crippen LogP contribution is -2.42. The molecule has 2 amide bonds. The fourth-order valence-electron chi connectivity index (χ4n) is 2.56. The van der Waals surface area contributed by atoms with E-state index in [2.05, 4.69) is 15.9 Å². The highest BCUT2D eigenvalue weighted by atomic mass is 79.9. The number of hydrogen-bond donors (Lipinski definition) is 0. The Bertz CT molecular complexity index is 645. The molecule has 0 N–H and O–H groups in total. The van der Waals surface area contributed by atoms with Gasteiger partial charge in [-0.25, -0.2) is 4.79 Å². The third kappa shape index (κ3) is 4.63. The summed E-state index contributed by atoms with van der Waals surface area (Å²) in [5, 5.41) is 0.572. The van der Waals surface area contributed by atoms with E-state index in [1.54, 1.807) is 35.0 Å². The minimum Gasteiger partial charge on any atom is -0.444 e. The van der Waals surface area contributed by atoms with Crippen molar-refractivity contribution in [3.63, 3.8) is 0 Å². The van der Waals surface area contributed by atoms with Crippen molar-refractivity contribution in [3.8, 4) is 0 Å². The Labute approximate surface area is 156 Å². The van der Waals surface area contributed by atoms with Crippen LogP contribution in [0, 0.1) is 0 Å². The molecule has 132 valence electrons. The van der Waals surface area contributed by atoms with Gasteiger partial charge in [-0.15, -0.1) is 0 Å². The van der Waals surface area contributed by atoms with Gasteiger partial charge in [-0.2, -0.15) is 0 Å². The SMILES string of the molecule is CN(C(=O)OC(C)(C)C)C1CCN(C(=O)c2ccc(Cl)cc2Br)C1. The van der Waals surface area contributed by atoms with Crippen molar-refractivity contribution < 1.29 is 14.3 Å². The van der Waals surface area contributed by atoms with Crippen LogP contribution in [0.1, 0.15) is 37.6 Å². The van der Waals surface area contributed by atoms with Crippen molar-refractivity contribution in [2.24, 2.45) is 0 Å². The van der Waals surface area contributed by atoms with Crippen LogP contribution in [0.2, 0.25) is 5.02 Å². The second-order valence-corrected chi connectivity index (χ2v) is 8.20. The van der Waals surface area contributed by atoms with Crippen LogP contribution in [-0.2, 0) is 4.74 Å². The van der Waals surface area contributed by atoms with Crippen LogP contribution in [0.5, 0.6) is 0 Å². The van der Waals surface area contributed by atoms with E-state index in [0.29, 0.717) is 28.1 Å². The van der Waals surface area contributed by atoms with E-state index in [9.17, 15) is 9.59 Å². The molecule has 1 aliphatic rings. The summed E-state index contributed by atoms with van der Waals surface area (Å²) in [7, 11) is 1.71. The maximum Gasteiger partial charge on any atom is 0.410 e. The van der Waals surface area contributed by atoms with Crippen molar-refractivity contribution in [3.05, 3.63) is 33.3 Å².